The van der Waals surface area contributed by atoms with Gasteiger partial charge in [-0.2, -0.15) is 4.98 Å². The van der Waals surface area contributed by atoms with Crippen LogP contribution < -0.4 is 9.64 Å². The van der Waals surface area contributed by atoms with E-state index in [1.807, 2.05) is 13.0 Å². The Bertz CT molecular complexity index is 400. The van der Waals surface area contributed by atoms with E-state index < -0.39 is 0 Å². The predicted molar refractivity (Wildman–Crippen MR) is 72.2 cm³/mol. The molecule has 5 heteroatoms. The Hall–Kier alpha value is -1.36. The van der Waals surface area contributed by atoms with E-state index in [1.165, 1.54) is 0 Å². The van der Waals surface area contributed by atoms with E-state index in [-0.39, 0.29) is 0 Å². The molecule has 1 aliphatic heterocycles. The zero-order chi connectivity index (χ0) is 13.1. The molecule has 0 radical (unpaired) electrons. The number of hydrogen-bond acceptors (Lipinski definition) is 5. The van der Waals surface area contributed by atoms with Gasteiger partial charge in [0.1, 0.15) is 0 Å². The Balaban J connectivity index is 2.07. The van der Waals surface area contributed by atoms with Crippen LogP contribution in [0.1, 0.15) is 19.5 Å². The van der Waals surface area contributed by atoms with Crippen molar-refractivity contribution in [3.63, 3.8) is 0 Å². The van der Waals surface area contributed by atoms with Gasteiger partial charge in [-0.15, -0.1) is 0 Å². The van der Waals surface area contributed by atoms with Gasteiger partial charge in [-0.3, -0.25) is 4.90 Å². The molecule has 1 fully saturated rings. The fourth-order valence-corrected chi connectivity index (χ4v) is 2.21. The molecule has 1 aliphatic rings. The fraction of sp³-hybridized carbons (Fsp3) is 0.692. The van der Waals surface area contributed by atoms with Crippen molar-refractivity contribution in [2.45, 2.75) is 26.8 Å². The summed E-state index contributed by atoms with van der Waals surface area (Å²) in [6.07, 6.45) is 0. The van der Waals surface area contributed by atoms with Crippen molar-refractivity contribution >= 4 is 5.95 Å². The lowest BCUT2D eigenvalue weighted by Crippen LogP contribution is -2.49. The largest absolute Gasteiger partial charge is 0.481 e. The van der Waals surface area contributed by atoms with Gasteiger partial charge in [-0.05, 0) is 20.8 Å². The van der Waals surface area contributed by atoms with Crippen LogP contribution in [0.3, 0.4) is 0 Å². The second-order valence-corrected chi connectivity index (χ2v) is 4.97. The molecule has 2 heterocycles. The molecule has 0 aliphatic carbocycles. The summed E-state index contributed by atoms with van der Waals surface area (Å²) in [5.74, 6) is 1.43. The van der Waals surface area contributed by atoms with Gasteiger partial charge in [-0.1, -0.05) is 0 Å². The van der Waals surface area contributed by atoms with Gasteiger partial charge in [0.25, 0.3) is 0 Å². The van der Waals surface area contributed by atoms with Crippen molar-refractivity contribution in [3.8, 4) is 5.88 Å². The topological polar surface area (TPSA) is 41.5 Å². The maximum Gasteiger partial charge on any atom is 0.228 e. The Kier molecular flexibility index (Phi) is 4.01. The summed E-state index contributed by atoms with van der Waals surface area (Å²) >= 11 is 0. The number of piperazine rings is 1. The quantitative estimate of drug-likeness (QED) is 0.809. The minimum atomic E-state index is 0.611. The highest BCUT2D eigenvalue weighted by Crippen LogP contribution is 2.17. The SMILES string of the molecule is COc1cc(C)nc(N2CCN(C(C)C)CC2)n1. The first kappa shape index (κ1) is 13.1. The Morgan fingerprint density at radius 3 is 2.39 bits per heavy atom. The third-order valence-corrected chi connectivity index (χ3v) is 3.36. The second kappa shape index (κ2) is 5.52. The number of ether oxygens (including phenoxy) is 1. The van der Waals surface area contributed by atoms with Crippen LogP contribution in [-0.4, -0.2) is 54.2 Å². The predicted octanol–water partition coefficient (Wildman–Crippen LogP) is 1.32. The molecule has 0 bridgehead atoms. The fourth-order valence-electron chi connectivity index (χ4n) is 2.21. The van der Waals surface area contributed by atoms with Crippen LogP contribution in [0.4, 0.5) is 5.95 Å². The highest BCUT2D eigenvalue weighted by atomic mass is 16.5. The number of rotatable bonds is 3. The first-order valence-electron chi connectivity index (χ1n) is 6.49. The molecular weight excluding hydrogens is 228 g/mol. The van der Waals surface area contributed by atoms with Crippen LogP contribution >= 0.6 is 0 Å². The molecule has 0 atom stereocenters. The zero-order valence-corrected chi connectivity index (χ0v) is 11.7. The van der Waals surface area contributed by atoms with Crippen LogP contribution in [0.25, 0.3) is 0 Å². The first-order chi connectivity index (χ1) is 8.60. The second-order valence-electron chi connectivity index (χ2n) is 4.97. The van der Waals surface area contributed by atoms with E-state index in [4.69, 9.17) is 4.74 Å². The summed E-state index contributed by atoms with van der Waals surface area (Å²) in [7, 11) is 1.64. The average Bonchev–Trinajstić information content (AvgIpc) is 2.38. The van der Waals surface area contributed by atoms with Crippen molar-refractivity contribution in [2.24, 2.45) is 0 Å². The van der Waals surface area contributed by atoms with Gasteiger partial charge >= 0.3 is 0 Å². The van der Waals surface area contributed by atoms with E-state index in [2.05, 4.69) is 33.6 Å². The molecule has 5 nitrogen and oxygen atoms in total. The van der Waals surface area contributed by atoms with E-state index in [0.717, 1.165) is 37.8 Å². The highest BCUT2D eigenvalue weighted by molar-refractivity contribution is 5.35. The monoisotopic (exact) mass is 250 g/mol. The summed E-state index contributed by atoms with van der Waals surface area (Å²) in [6, 6.07) is 2.47. The van der Waals surface area contributed by atoms with Crippen molar-refractivity contribution < 1.29 is 4.74 Å². The zero-order valence-electron chi connectivity index (χ0n) is 11.7. The summed E-state index contributed by atoms with van der Waals surface area (Å²) in [4.78, 5) is 13.6. The number of aryl methyl sites for hydroxylation is 1. The standard InChI is InChI=1S/C13H22N4O/c1-10(2)16-5-7-17(8-6-16)13-14-11(3)9-12(15-13)18-4/h9-10H,5-8H2,1-4H3. The lowest BCUT2D eigenvalue weighted by atomic mass is 10.2. The summed E-state index contributed by atoms with van der Waals surface area (Å²) in [5.41, 5.74) is 0.947. The highest BCUT2D eigenvalue weighted by Gasteiger charge is 2.21. The Labute approximate surface area is 109 Å². The van der Waals surface area contributed by atoms with Crippen LogP contribution in [0, 0.1) is 6.92 Å². The Morgan fingerprint density at radius 2 is 1.83 bits per heavy atom. The van der Waals surface area contributed by atoms with E-state index in [9.17, 15) is 0 Å². The molecule has 1 saturated heterocycles. The van der Waals surface area contributed by atoms with Crippen LogP contribution in [-0.2, 0) is 0 Å². The summed E-state index contributed by atoms with van der Waals surface area (Å²) in [5, 5.41) is 0. The third-order valence-electron chi connectivity index (χ3n) is 3.36. The average molecular weight is 250 g/mol. The van der Waals surface area contributed by atoms with Gasteiger partial charge in [0.2, 0.25) is 11.8 Å². The molecule has 0 saturated carbocycles. The normalized spacial score (nSPS) is 17.3. The molecule has 1 aromatic rings. The van der Waals surface area contributed by atoms with Gasteiger partial charge in [0, 0.05) is 44.0 Å². The summed E-state index contributed by atoms with van der Waals surface area (Å²) in [6.45, 7) is 10.5. The number of nitrogens with zero attached hydrogens (tertiary/aromatic N) is 4. The minimum Gasteiger partial charge on any atom is -0.481 e. The van der Waals surface area contributed by atoms with Crippen molar-refractivity contribution in [3.05, 3.63) is 11.8 Å². The smallest absolute Gasteiger partial charge is 0.228 e. The number of methoxy groups -OCH3 is 1. The van der Waals surface area contributed by atoms with E-state index >= 15 is 0 Å². The lowest BCUT2D eigenvalue weighted by molar-refractivity contribution is 0.208. The lowest BCUT2D eigenvalue weighted by Gasteiger charge is -2.36. The molecule has 0 aromatic carbocycles. The van der Waals surface area contributed by atoms with E-state index in [0.29, 0.717) is 11.9 Å². The molecule has 18 heavy (non-hydrogen) atoms. The maximum atomic E-state index is 5.20. The third kappa shape index (κ3) is 2.90. The number of hydrogen-bond donors (Lipinski definition) is 0. The molecule has 2 rings (SSSR count). The van der Waals surface area contributed by atoms with Crippen molar-refractivity contribution in [2.75, 3.05) is 38.2 Å². The molecule has 0 unspecified atom stereocenters. The van der Waals surface area contributed by atoms with Crippen LogP contribution in [0.2, 0.25) is 0 Å². The molecule has 1 aromatic heterocycles. The van der Waals surface area contributed by atoms with Gasteiger partial charge < -0.3 is 9.64 Å². The minimum absolute atomic E-state index is 0.611. The molecule has 100 valence electrons. The summed E-state index contributed by atoms with van der Waals surface area (Å²) < 4.78 is 5.20. The Morgan fingerprint density at radius 1 is 1.17 bits per heavy atom. The first-order valence-corrected chi connectivity index (χ1v) is 6.49. The van der Waals surface area contributed by atoms with Gasteiger partial charge in [0.05, 0.1) is 7.11 Å². The van der Waals surface area contributed by atoms with Crippen molar-refractivity contribution in [1.82, 2.24) is 14.9 Å². The van der Waals surface area contributed by atoms with Crippen molar-refractivity contribution in [1.29, 1.82) is 0 Å². The molecule has 0 N–H and O–H groups in total. The maximum absolute atomic E-state index is 5.20. The van der Waals surface area contributed by atoms with Crippen LogP contribution in [0.15, 0.2) is 6.07 Å². The molecular formula is C13H22N4O. The number of aromatic nitrogens is 2. The van der Waals surface area contributed by atoms with Gasteiger partial charge in [0.15, 0.2) is 0 Å². The van der Waals surface area contributed by atoms with E-state index in [1.54, 1.807) is 7.11 Å². The molecule has 0 amide bonds. The van der Waals surface area contributed by atoms with Crippen LogP contribution in [0.5, 0.6) is 5.88 Å². The number of anilines is 1. The molecule has 0 spiro atoms. The van der Waals surface area contributed by atoms with Gasteiger partial charge in [-0.25, -0.2) is 4.98 Å².